The number of piperazine rings is 1. The Bertz CT molecular complexity index is 676. The van der Waals surface area contributed by atoms with Gasteiger partial charge in [-0.1, -0.05) is 11.8 Å². The molecule has 1 aliphatic rings. The number of benzene rings is 1. The molecule has 1 aromatic heterocycles. The van der Waals surface area contributed by atoms with Gasteiger partial charge < -0.3 is 9.80 Å². The smallest absolute Gasteiger partial charge is 0.288 e. The van der Waals surface area contributed by atoms with Crippen molar-refractivity contribution in [1.82, 2.24) is 14.9 Å². The van der Waals surface area contributed by atoms with Crippen LogP contribution in [0.5, 0.6) is 0 Å². The zero-order valence-corrected chi connectivity index (χ0v) is 13.6. The van der Waals surface area contributed by atoms with Gasteiger partial charge in [0, 0.05) is 49.0 Å². The van der Waals surface area contributed by atoms with E-state index in [0.717, 1.165) is 0 Å². The summed E-state index contributed by atoms with van der Waals surface area (Å²) in [5.74, 6) is -1.88. The maximum atomic E-state index is 12.5. The zero-order valence-electron chi connectivity index (χ0n) is 12.8. The third-order valence-corrected chi connectivity index (χ3v) is 4.45. The zero-order chi connectivity index (χ0) is 16.9. The molecule has 1 fully saturated rings. The van der Waals surface area contributed by atoms with Gasteiger partial charge in [0.15, 0.2) is 0 Å². The van der Waals surface area contributed by atoms with Crippen molar-refractivity contribution in [3.8, 4) is 0 Å². The molecule has 0 aliphatic carbocycles. The minimum absolute atomic E-state index is 0.0859. The highest BCUT2D eigenvalue weighted by Crippen LogP contribution is 2.25. The van der Waals surface area contributed by atoms with Crippen LogP contribution in [0.2, 0.25) is 0 Å². The Morgan fingerprint density at radius 2 is 1.67 bits per heavy atom. The molecule has 24 heavy (non-hydrogen) atoms. The van der Waals surface area contributed by atoms with Crippen molar-refractivity contribution in [3.05, 3.63) is 48.3 Å². The molecule has 1 aliphatic heterocycles. The summed E-state index contributed by atoms with van der Waals surface area (Å²) in [6.07, 6.45) is 3.39. The van der Waals surface area contributed by atoms with Gasteiger partial charge in [0.05, 0.1) is 0 Å². The number of carbonyl (C=O) groups excluding carboxylic acids is 1. The summed E-state index contributed by atoms with van der Waals surface area (Å²) in [6, 6.07) is 8.06. The lowest BCUT2D eigenvalue weighted by molar-refractivity contribution is 0.0746. The van der Waals surface area contributed by atoms with Gasteiger partial charge in [-0.3, -0.25) is 4.79 Å². The van der Waals surface area contributed by atoms with E-state index in [1.807, 2.05) is 4.90 Å². The Morgan fingerprint density at radius 1 is 1.04 bits per heavy atom. The van der Waals surface area contributed by atoms with E-state index >= 15 is 0 Å². The average Bonchev–Trinajstić information content (AvgIpc) is 2.62. The molecule has 0 spiro atoms. The normalized spacial score (nSPS) is 15.0. The number of amides is 1. The van der Waals surface area contributed by atoms with E-state index in [1.54, 1.807) is 47.6 Å². The van der Waals surface area contributed by atoms with Gasteiger partial charge in [0.25, 0.3) is 11.7 Å². The first kappa shape index (κ1) is 16.6. The summed E-state index contributed by atoms with van der Waals surface area (Å²) >= 11 is 0.474. The molecule has 0 radical (unpaired) electrons. The van der Waals surface area contributed by atoms with Crippen LogP contribution >= 0.6 is 11.8 Å². The van der Waals surface area contributed by atoms with Gasteiger partial charge in [0.2, 0.25) is 5.95 Å². The Labute approximate surface area is 142 Å². The minimum Gasteiger partial charge on any atom is -0.337 e. The molecule has 0 atom stereocenters. The molecule has 1 amide bonds. The van der Waals surface area contributed by atoms with Crippen molar-refractivity contribution in [2.45, 2.75) is 10.7 Å². The number of alkyl halides is 2. The van der Waals surface area contributed by atoms with Gasteiger partial charge in [-0.25, -0.2) is 9.97 Å². The predicted molar refractivity (Wildman–Crippen MR) is 88.5 cm³/mol. The molecule has 0 bridgehead atoms. The van der Waals surface area contributed by atoms with Crippen molar-refractivity contribution in [2.24, 2.45) is 0 Å². The van der Waals surface area contributed by atoms with Crippen LogP contribution in [0.1, 0.15) is 10.4 Å². The number of carbonyl (C=O) groups is 1. The molecule has 2 heterocycles. The number of nitrogens with zero attached hydrogens (tertiary/aromatic N) is 4. The summed E-state index contributed by atoms with van der Waals surface area (Å²) in [5, 5.41) is 0. The lowest BCUT2D eigenvalue weighted by atomic mass is 10.2. The molecule has 1 aromatic carbocycles. The standard InChI is InChI=1S/C16H16F2N4OS/c17-15(18)24-13-4-2-12(3-5-13)14(23)21-8-10-22(11-9-21)16-19-6-1-7-20-16/h1-7,15H,8-11H2. The molecule has 126 valence electrons. The van der Waals surface area contributed by atoms with Crippen LogP contribution in [-0.2, 0) is 0 Å². The van der Waals surface area contributed by atoms with Crippen molar-refractivity contribution in [3.63, 3.8) is 0 Å². The SMILES string of the molecule is O=C(c1ccc(SC(F)F)cc1)N1CCN(c2ncccn2)CC1. The fraction of sp³-hybridized carbons (Fsp3) is 0.312. The third kappa shape index (κ3) is 4.00. The molecule has 1 saturated heterocycles. The molecule has 0 unspecified atom stereocenters. The van der Waals surface area contributed by atoms with Crippen molar-refractivity contribution >= 4 is 23.6 Å². The molecular weight excluding hydrogens is 334 g/mol. The quantitative estimate of drug-likeness (QED) is 0.794. The van der Waals surface area contributed by atoms with Crippen molar-refractivity contribution < 1.29 is 13.6 Å². The maximum Gasteiger partial charge on any atom is 0.288 e. The van der Waals surface area contributed by atoms with E-state index < -0.39 is 5.76 Å². The van der Waals surface area contributed by atoms with Gasteiger partial charge in [0.1, 0.15) is 0 Å². The predicted octanol–water partition coefficient (Wildman–Crippen LogP) is 2.75. The molecule has 8 heteroatoms. The van der Waals surface area contributed by atoms with Crippen LogP contribution in [-0.4, -0.2) is 52.7 Å². The lowest BCUT2D eigenvalue weighted by Crippen LogP contribution is -2.49. The van der Waals surface area contributed by atoms with E-state index in [-0.39, 0.29) is 5.91 Å². The minimum atomic E-state index is -2.46. The summed E-state index contributed by atoms with van der Waals surface area (Å²) < 4.78 is 24.6. The second kappa shape index (κ2) is 7.57. The number of halogens is 2. The van der Waals surface area contributed by atoms with E-state index in [2.05, 4.69) is 9.97 Å². The third-order valence-electron chi connectivity index (χ3n) is 3.73. The largest absolute Gasteiger partial charge is 0.337 e. The summed E-state index contributed by atoms with van der Waals surface area (Å²) in [7, 11) is 0. The first-order chi connectivity index (χ1) is 11.6. The van der Waals surface area contributed by atoms with Crippen LogP contribution in [0.3, 0.4) is 0 Å². The van der Waals surface area contributed by atoms with Gasteiger partial charge in [-0.05, 0) is 30.3 Å². The molecule has 2 aromatic rings. The van der Waals surface area contributed by atoms with Crippen LogP contribution in [0.15, 0.2) is 47.6 Å². The fourth-order valence-corrected chi connectivity index (χ4v) is 3.02. The van der Waals surface area contributed by atoms with E-state index in [1.165, 1.54) is 0 Å². The Hall–Kier alpha value is -2.22. The second-order valence-electron chi connectivity index (χ2n) is 5.23. The molecular formula is C16H16F2N4OS. The van der Waals surface area contributed by atoms with Crippen LogP contribution < -0.4 is 4.90 Å². The first-order valence-electron chi connectivity index (χ1n) is 7.49. The van der Waals surface area contributed by atoms with E-state index in [0.29, 0.717) is 54.3 Å². The highest BCUT2D eigenvalue weighted by Gasteiger charge is 2.23. The lowest BCUT2D eigenvalue weighted by Gasteiger charge is -2.34. The van der Waals surface area contributed by atoms with Crippen LogP contribution in [0, 0.1) is 0 Å². The van der Waals surface area contributed by atoms with Crippen molar-refractivity contribution in [2.75, 3.05) is 31.1 Å². The number of rotatable bonds is 4. The molecule has 0 saturated carbocycles. The van der Waals surface area contributed by atoms with Gasteiger partial charge >= 0.3 is 0 Å². The Kier molecular flexibility index (Phi) is 5.24. The summed E-state index contributed by atoms with van der Waals surface area (Å²) in [5.41, 5.74) is 0.512. The van der Waals surface area contributed by atoms with Crippen LogP contribution in [0.4, 0.5) is 14.7 Å². The fourth-order valence-electron chi connectivity index (χ4n) is 2.53. The van der Waals surface area contributed by atoms with Crippen molar-refractivity contribution in [1.29, 1.82) is 0 Å². The van der Waals surface area contributed by atoms with Crippen LogP contribution in [0.25, 0.3) is 0 Å². The maximum absolute atomic E-state index is 12.5. The average molecular weight is 350 g/mol. The van der Waals surface area contributed by atoms with Gasteiger partial charge in [-0.15, -0.1) is 0 Å². The highest BCUT2D eigenvalue weighted by molar-refractivity contribution is 7.99. The molecule has 0 N–H and O–H groups in total. The number of hydrogen-bond acceptors (Lipinski definition) is 5. The number of thioether (sulfide) groups is 1. The monoisotopic (exact) mass is 350 g/mol. The Morgan fingerprint density at radius 3 is 2.25 bits per heavy atom. The number of hydrogen-bond donors (Lipinski definition) is 0. The van der Waals surface area contributed by atoms with Gasteiger partial charge in [-0.2, -0.15) is 8.78 Å². The van der Waals surface area contributed by atoms with E-state index in [9.17, 15) is 13.6 Å². The number of aromatic nitrogens is 2. The number of anilines is 1. The summed E-state index contributed by atoms with van der Waals surface area (Å²) in [4.78, 5) is 25.2. The topological polar surface area (TPSA) is 49.3 Å². The van der Waals surface area contributed by atoms with E-state index in [4.69, 9.17) is 0 Å². The molecule has 5 nitrogen and oxygen atoms in total. The Balaban J connectivity index is 1.59. The molecule has 3 rings (SSSR count). The highest BCUT2D eigenvalue weighted by atomic mass is 32.2. The first-order valence-corrected chi connectivity index (χ1v) is 8.37. The second-order valence-corrected chi connectivity index (χ2v) is 6.29. The summed E-state index contributed by atoms with van der Waals surface area (Å²) in [6.45, 7) is 2.47.